The summed E-state index contributed by atoms with van der Waals surface area (Å²) < 4.78 is 80.3. The molecule has 0 unspecified atom stereocenters. The van der Waals surface area contributed by atoms with Gasteiger partial charge in [0.1, 0.15) is 11.3 Å². The van der Waals surface area contributed by atoms with E-state index in [-0.39, 0.29) is 37.5 Å². The molecule has 0 aliphatic carbocycles. The van der Waals surface area contributed by atoms with Gasteiger partial charge in [0.05, 0.1) is 6.95 Å². The SMILES string of the molecule is [2H]c1cc2c(oc3c(-c4cc(C([2H])([2H])[2H])c(C([2H])([2H])C([2H])([2H])c5cc(CC(C)(C)c6ccc(-c7[c-]cccc7)nc6)cc(CC(C)(C)c6ccc(-c7[c-]cccc7)nc6)c5)cn4)[c-]ccc32)c(-c2ccccc2)n1.[Ir+3]. The molecule has 10 aromatic rings. The average molecular weight is 1060 g/mol. The second-order valence-corrected chi connectivity index (χ2v) is 18.0. The average Bonchev–Trinajstić information content (AvgIpc) is 3.77. The minimum atomic E-state index is -2.93. The molecule has 0 aliphatic heterocycles. The van der Waals surface area contributed by atoms with Crippen LogP contribution >= 0.6 is 0 Å². The first-order valence-corrected chi connectivity index (χ1v) is 22.0. The quantitative estimate of drug-likeness (QED) is 0.108. The fraction of sp³-hybridized carbons (Fsp3) is 0.180. The Hall–Kier alpha value is -6.85. The Morgan fingerprint density at radius 2 is 1.16 bits per heavy atom. The maximum absolute atomic E-state index is 9.81. The maximum Gasteiger partial charge on any atom is 3.00 e. The van der Waals surface area contributed by atoms with Gasteiger partial charge in [0.15, 0.2) is 0 Å². The summed E-state index contributed by atoms with van der Waals surface area (Å²) in [5.74, 6) is 0. The molecule has 0 aliphatic rings. The fourth-order valence-corrected chi connectivity index (χ4v) is 8.70. The second kappa shape index (κ2) is 19.2. The summed E-state index contributed by atoms with van der Waals surface area (Å²) in [5.41, 5.74) is 7.49. The molecule has 0 spiro atoms. The first-order chi connectivity index (χ1) is 35.2. The second-order valence-electron chi connectivity index (χ2n) is 18.0. The van der Waals surface area contributed by atoms with Crippen molar-refractivity contribution in [3.8, 4) is 45.0 Å². The molecule has 0 fully saturated rings. The molecule has 0 saturated heterocycles. The van der Waals surface area contributed by atoms with Crippen LogP contribution in [-0.4, -0.2) is 19.9 Å². The van der Waals surface area contributed by atoms with E-state index in [1.54, 1.807) is 30.3 Å². The van der Waals surface area contributed by atoms with E-state index in [0.29, 0.717) is 46.0 Å². The molecule has 0 saturated carbocycles. The summed E-state index contributed by atoms with van der Waals surface area (Å²) >= 11 is 0. The summed E-state index contributed by atoms with van der Waals surface area (Å²) in [5, 5.41) is 1.27. The van der Waals surface area contributed by atoms with Gasteiger partial charge >= 0.3 is 20.1 Å². The van der Waals surface area contributed by atoms with Crippen LogP contribution in [0.4, 0.5) is 0 Å². The Morgan fingerprint density at radius 3 is 1.75 bits per heavy atom. The number of aromatic nitrogens is 4. The van der Waals surface area contributed by atoms with Gasteiger partial charge in [-0.1, -0.05) is 123 Å². The number of fused-ring (bicyclic) bond motifs is 3. The van der Waals surface area contributed by atoms with Crippen molar-refractivity contribution in [3.63, 3.8) is 0 Å². The molecule has 10 rings (SSSR count). The van der Waals surface area contributed by atoms with Gasteiger partial charge in [-0.05, 0) is 99.8 Å². The standard InChI is InChI=1S/C61H51N4O.Ir/c1-41-32-56(53-23-15-22-51-52-30-31-62-57(59(52)66-58(51)53)47-20-13-8-14-21-47)63-38-48(41)25-24-42-33-43(36-60(2,3)49-26-28-54(64-39-49)45-16-9-6-10-17-45)35-44(34-42)37-61(4,5)50-27-29-55(65-40-50)46-18-11-7-12-19-46;/h6-16,18,20-22,26-35,38-40H,24-25,36-37H2,1-5H3;/q-3;+3/i1D3,24D2,25D2,31D;. The van der Waals surface area contributed by atoms with Crippen LogP contribution < -0.4 is 0 Å². The van der Waals surface area contributed by atoms with Crippen molar-refractivity contribution in [1.29, 1.82) is 0 Å². The van der Waals surface area contributed by atoms with Crippen LogP contribution in [0, 0.1) is 25.1 Å². The van der Waals surface area contributed by atoms with Crippen molar-refractivity contribution in [2.45, 2.75) is 71.0 Å². The molecular weight excluding hydrogens is 997 g/mol. The van der Waals surface area contributed by atoms with Crippen LogP contribution in [0.5, 0.6) is 0 Å². The van der Waals surface area contributed by atoms with Crippen molar-refractivity contribution >= 4 is 21.9 Å². The van der Waals surface area contributed by atoms with E-state index in [1.165, 1.54) is 6.07 Å². The van der Waals surface area contributed by atoms with Crippen LogP contribution in [0.2, 0.25) is 0 Å². The topological polar surface area (TPSA) is 64.7 Å². The predicted molar refractivity (Wildman–Crippen MR) is 268 cm³/mol. The van der Waals surface area contributed by atoms with Crippen LogP contribution in [-0.2, 0) is 56.5 Å². The van der Waals surface area contributed by atoms with Crippen LogP contribution in [0.3, 0.4) is 0 Å². The zero-order chi connectivity index (χ0) is 52.2. The molecule has 0 radical (unpaired) electrons. The number of hydrogen-bond donors (Lipinski definition) is 0. The van der Waals surface area contributed by atoms with Crippen molar-refractivity contribution in [1.82, 2.24) is 19.9 Å². The summed E-state index contributed by atoms with van der Waals surface area (Å²) in [7, 11) is 0. The van der Waals surface area contributed by atoms with Crippen LogP contribution in [0.25, 0.3) is 67.0 Å². The van der Waals surface area contributed by atoms with E-state index < -0.39 is 41.6 Å². The fourth-order valence-electron chi connectivity index (χ4n) is 8.70. The molecule has 5 nitrogen and oxygen atoms in total. The van der Waals surface area contributed by atoms with Crippen molar-refractivity contribution in [3.05, 3.63) is 227 Å². The van der Waals surface area contributed by atoms with Crippen LogP contribution in [0.15, 0.2) is 175 Å². The molecule has 67 heavy (non-hydrogen) atoms. The van der Waals surface area contributed by atoms with Gasteiger partial charge in [0.2, 0.25) is 0 Å². The first kappa shape index (κ1) is 36.3. The number of pyridine rings is 4. The van der Waals surface area contributed by atoms with Gasteiger partial charge in [0.25, 0.3) is 0 Å². The molecule has 6 heteroatoms. The number of aryl methyl sites for hydroxylation is 3. The molecule has 330 valence electrons. The van der Waals surface area contributed by atoms with Gasteiger partial charge in [-0.2, -0.15) is 0 Å². The number of nitrogens with zero attached hydrogens (tertiary/aromatic N) is 4. The summed E-state index contributed by atoms with van der Waals surface area (Å²) in [4.78, 5) is 18.7. The van der Waals surface area contributed by atoms with Gasteiger partial charge in [-0.15, -0.1) is 90.0 Å². The van der Waals surface area contributed by atoms with E-state index in [2.05, 4.69) is 61.9 Å². The number of furan rings is 1. The molecule has 0 atom stereocenters. The Labute approximate surface area is 419 Å². The Balaban J connectivity index is 0.00000689. The minimum Gasteiger partial charge on any atom is -0.498 e. The minimum absolute atomic E-state index is 0. The van der Waals surface area contributed by atoms with E-state index in [1.807, 2.05) is 116 Å². The molecule has 5 aromatic heterocycles. The molecule has 5 heterocycles. The Kier molecular flexibility index (Phi) is 10.4. The van der Waals surface area contributed by atoms with E-state index in [4.69, 9.17) is 19.9 Å². The third kappa shape index (κ3) is 9.70. The number of rotatable bonds is 13. The first-order valence-electron chi connectivity index (χ1n) is 26.0. The Bertz CT molecular complexity index is 3550. The summed E-state index contributed by atoms with van der Waals surface area (Å²) in [6.45, 7) is 5.51. The normalized spacial score (nSPS) is 14.1. The third-order valence-corrected chi connectivity index (χ3v) is 12.2. The third-order valence-electron chi connectivity index (χ3n) is 12.2. The monoisotopic (exact) mass is 1060 g/mol. The smallest absolute Gasteiger partial charge is 0.498 e. The summed E-state index contributed by atoms with van der Waals surface area (Å²) in [6.07, 6.45) is 0.0622. The Morgan fingerprint density at radius 1 is 0.567 bits per heavy atom. The van der Waals surface area contributed by atoms with E-state index >= 15 is 0 Å². The molecule has 0 bridgehead atoms. The van der Waals surface area contributed by atoms with Gasteiger partial charge in [-0.25, -0.2) is 0 Å². The van der Waals surface area contributed by atoms with Crippen LogP contribution in [0.1, 0.15) is 77.6 Å². The molecule has 0 N–H and O–H groups in total. The number of hydrogen-bond acceptors (Lipinski definition) is 5. The largest absolute Gasteiger partial charge is 3.00 e. The zero-order valence-electron chi connectivity index (χ0n) is 45.5. The van der Waals surface area contributed by atoms with E-state index in [9.17, 15) is 5.48 Å². The van der Waals surface area contributed by atoms with Gasteiger partial charge in [0, 0.05) is 45.3 Å². The van der Waals surface area contributed by atoms with Crippen molar-refractivity contribution in [2.75, 3.05) is 0 Å². The molecule has 0 amide bonds. The number of benzene rings is 5. The van der Waals surface area contributed by atoms with Gasteiger partial charge < -0.3 is 19.4 Å². The predicted octanol–water partition coefficient (Wildman–Crippen LogP) is 14.4. The molecule has 5 aromatic carbocycles. The molecular formula is C61H51IrN4O. The summed E-state index contributed by atoms with van der Waals surface area (Å²) in [6, 6.07) is 54.2. The maximum atomic E-state index is 9.81. The van der Waals surface area contributed by atoms with E-state index in [0.717, 1.165) is 56.5 Å². The van der Waals surface area contributed by atoms with Crippen molar-refractivity contribution < 1.29 is 35.5 Å². The zero-order valence-corrected chi connectivity index (χ0v) is 39.9. The van der Waals surface area contributed by atoms with Gasteiger partial charge in [-0.3, -0.25) is 4.98 Å². The van der Waals surface area contributed by atoms with Crippen molar-refractivity contribution in [2.24, 2.45) is 0 Å².